The molecule has 2 heterocycles. The molecule has 0 fully saturated rings. The van der Waals surface area contributed by atoms with Crippen LogP contribution in [0.25, 0.3) is 27.4 Å². The summed E-state index contributed by atoms with van der Waals surface area (Å²) in [5.41, 5.74) is 1.50. The third kappa shape index (κ3) is 4.93. The number of nitrogens with one attached hydrogen (secondary N) is 1. The molecule has 0 aliphatic heterocycles. The normalized spacial score (nSPS) is 11.3. The monoisotopic (exact) mass is 449 g/mol. The number of benzene rings is 2. The van der Waals surface area contributed by atoms with E-state index in [-0.39, 0.29) is 18.0 Å². The predicted octanol–water partition coefficient (Wildman–Crippen LogP) is 5.37. The van der Waals surface area contributed by atoms with Gasteiger partial charge in [0, 0.05) is 27.4 Å². The van der Waals surface area contributed by atoms with Crippen molar-refractivity contribution in [2.45, 2.75) is 13.5 Å². The van der Waals surface area contributed by atoms with Crippen LogP contribution in [0.1, 0.15) is 17.6 Å². The zero-order valence-electron chi connectivity index (χ0n) is 16.8. The number of fused-ring (bicyclic) bond motifs is 1. The lowest BCUT2D eigenvalue weighted by Gasteiger charge is -2.18. The maximum atomic E-state index is 12.7. The van der Waals surface area contributed by atoms with Gasteiger partial charge in [-0.25, -0.2) is 4.98 Å². The van der Waals surface area contributed by atoms with Crippen LogP contribution in [0.3, 0.4) is 0 Å². The van der Waals surface area contributed by atoms with Crippen molar-refractivity contribution in [1.29, 1.82) is 0 Å². The third-order valence-electron chi connectivity index (χ3n) is 4.84. The molecule has 0 bridgehead atoms. The molecule has 7 heteroatoms. The van der Waals surface area contributed by atoms with Crippen molar-refractivity contribution < 1.29 is 4.79 Å². The first kappa shape index (κ1) is 21.0. The van der Waals surface area contributed by atoms with E-state index in [1.54, 1.807) is 40.5 Å². The van der Waals surface area contributed by atoms with E-state index < -0.39 is 0 Å². The minimum atomic E-state index is -0.201. The number of likely N-dealkylation sites (N-methyl/N-ethyl adjacent to an activating group) is 1. The molecule has 31 heavy (non-hydrogen) atoms. The number of hydrogen-bond acceptors (Lipinski definition) is 4. The van der Waals surface area contributed by atoms with E-state index in [1.807, 2.05) is 55.5 Å². The zero-order valence-corrected chi connectivity index (χ0v) is 18.4. The van der Waals surface area contributed by atoms with Gasteiger partial charge in [0.2, 0.25) is 5.91 Å². The number of halogens is 1. The number of carbonyl (C=O) groups is 1. The molecule has 2 aromatic heterocycles. The smallest absolute Gasteiger partial charge is 0.258 e. The van der Waals surface area contributed by atoms with Crippen molar-refractivity contribution in [3.8, 4) is 10.4 Å². The molecule has 1 amide bonds. The summed E-state index contributed by atoms with van der Waals surface area (Å²) in [7, 11) is 0. The second kappa shape index (κ2) is 9.29. The van der Waals surface area contributed by atoms with E-state index in [0.717, 1.165) is 15.3 Å². The number of aromatic amines is 1. The molecule has 156 valence electrons. The van der Waals surface area contributed by atoms with Crippen LogP contribution in [-0.4, -0.2) is 27.3 Å². The van der Waals surface area contributed by atoms with Gasteiger partial charge in [-0.15, -0.1) is 11.3 Å². The van der Waals surface area contributed by atoms with Gasteiger partial charge in [0.1, 0.15) is 5.82 Å². The van der Waals surface area contributed by atoms with Crippen molar-refractivity contribution in [1.82, 2.24) is 14.9 Å². The first-order valence-corrected chi connectivity index (χ1v) is 11.0. The Hall–Kier alpha value is -3.22. The van der Waals surface area contributed by atoms with Crippen LogP contribution in [-0.2, 0) is 11.3 Å². The lowest BCUT2D eigenvalue weighted by Crippen LogP contribution is -2.30. The van der Waals surface area contributed by atoms with Gasteiger partial charge in [-0.05, 0) is 55.0 Å². The highest BCUT2D eigenvalue weighted by molar-refractivity contribution is 7.16. The fourth-order valence-corrected chi connectivity index (χ4v) is 4.25. The Labute approximate surface area is 188 Å². The minimum absolute atomic E-state index is 0.139. The Morgan fingerprint density at radius 1 is 1.13 bits per heavy atom. The minimum Gasteiger partial charge on any atom is -0.332 e. The van der Waals surface area contributed by atoms with Crippen LogP contribution in [0, 0.1) is 0 Å². The summed E-state index contributed by atoms with van der Waals surface area (Å²) < 4.78 is 0. The highest BCUT2D eigenvalue weighted by atomic mass is 35.5. The average Bonchev–Trinajstić information content (AvgIpc) is 3.25. The molecular formula is C24H20ClN3O2S. The van der Waals surface area contributed by atoms with E-state index in [2.05, 4.69) is 9.97 Å². The van der Waals surface area contributed by atoms with E-state index in [9.17, 15) is 9.59 Å². The molecule has 0 atom stereocenters. The zero-order chi connectivity index (χ0) is 21.8. The molecule has 5 nitrogen and oxygen atoms in total. The van der Waals surface area contributed by atoms with E-state index in [0.29, 0.717) is 28.3 Å². The number of rotatable bonds is 6. The van der Waals surface area contributed by atoms with Crippen molar-refractivity contribution in [3.05, 3.63) is 92.8 Å². The summed E-state index contributed by atoms with van der Waals surface area (Å²) in [5, 5.41) is 1.24. The summed E-state index contributed by atoms with van der Waals surface area (Å²) in [4.78, 5) is 36.0. The lowest BCUT2D eigenvalue weighted by atomic mass is 10.2. The number of para-hydroxylation sites is 1. The van der Waals surface area contributed by atoms with Gasteiger partial charge in [-0.3, -0.25) is 9.59 Å². The molecule has 0 aliphatic carbocycles. The SMILES string of the molecule is CCN(Cc1nc2ccccc2c(=O)[nH]1)C(=O)/C=C/c1ccc(-c2ccc(Cl)cc2)s1. The maximum absolute atomic E-state index is 12.7. The number of H-pyrrole nitrogens is 1. The summed E-state index contributed by atoms with van der Waals surface area (Å²) in [6, 6.07) is 18.8. The number of thiophene rings is 1. The summed E-state index contributed by atoms with van der Waals surface area (Å²) in [5.74, 6) is 0.327. The van der Waals surface area contributed by atoms with Crippen molar-refractivity contribution in [2.24, 2.45) is 0 Å². The number of amides is 1. The molecule has 0 saturated carbocycles. The quantitative estimate of drug-likeness (QED) is 0.402. The molecule has 0 radical (unpaired) electrons. The van der Waals surface area contributed by atoms with Crippen molar-refractivity contribution in [2.75, 3.05) is 6.54 Å². The molecule has 0 spiro atoms. The fourth-order valence-electron chi connectivity index (χ4n) is 3.21. The molecular weight excluding hydrogens is 430 g/mol. The molecule has 2 aromatic carbocycles. The van der Waals surface area contributed by atoms with Gasteiger partial charge in [0.15, 0.2) is 0 Å². The number of hydrogen-bond donors (Lipinski definition) is 1. The van der Waals surface area contributed by atoms with Crippen LogP contribution in [0.15, 0.2) is 71.5 Å². The molecule has 0 aliphatic rings. The first-order chi connectivity index (χ1) is 15.0. The molecule has 0 saturated heterocycles. The van der Waals surface area contributed by atoms with Crippen molar-refractivity contribution in [3.63, 3.8) is 0 Å². The first-order valence-electron chi connectivity index (χ1n) is 9.84. The van der Waals surface area contributed by atoms with Crippen LogP contribution in [0.2, 0.25) is 5.02 Å². The van der Waals surface area contributed by atoms with E-state index in [1.165, 1.54) is 0 Å². The van der Waals surface area contributed by atoms with Gasteiger partial charge in [-0.2, -0.15) is 0 Å². The largest absolute Gasteiger partial charge is 0.332 e. The summed E-state index contributed by atoms with van der Waals surface area (Å²) >= 11 is 7.55. The Kier molecular flexibility index (Phi) is 6.30. The summed E-state index contributed by atoms with van der Waals surface area (Å²) in [6.45, 7) is 2.63. The molecule has 1 N–H and O–H groups in total. The topological polar surface area (TPSA) is 66.1 Å². The van der Waals surface area contributed by atoms with Gasteiger partial charge < -0.3 is 9.88 Å². The van der Waals surface area contributed by atoms with Crippen LogP contribution in [0.4, 0.5) is 0 Å². The Balaban J connectivity index is 1.47. The Bertz CT molecular complexity index is 1310. The van der Waals surface area contributed by atoms with Crippen LogP contribution >= 0.6 is 22.9 Å². The standard InChI is InChI=1S/C24H20ClN3O2S/c1-2-28(15-22-26-20-6-4-3-5-19(20)24(30)27-22)23(29)14-12-18-11-13-21(31-18)16-7-9-17(25)10-8-16/h3-14H,2,15H2,1H3,(H,26,27,30)/b14-12+. The Morgan fingerprint density at radius 2 is 1.90 bits per heavy atom. The number of aromatic nitrogens is 2. The molecule has 0 unspecified atom stereocenters. The number of carbonyl (C=O) groups excluding carboxylic acids is 1. The third-order valence-corrected chi connectivity index (χ3v) is 6.19. The molecule has 4 rings (SSSR count). The van der Waals surface area contributed by atoms with Gasteiger partial charge in [-0.1, -0.05) is 35.9 Å². The van der Waals surface area contributed by atoms with E-state index >= 15 is 0 Å². The maximum Gasteiger partial charge on any atom is 0.258 e. The predicted molar refractivity (Wildman–Crippen MR) is 127 cm³/mol. The highest BCUT2D eigenvalue weighted by Gasteiger charge is 2.12. The molecule has 4 aromatic rings. The summed E-state index contributed by atoms with van der Waals surface area (Å²) in [6.07, 6.45) is 3.37. The van der Waals surface area contributed by atoms with Crippen molar-refractivity contribution >= 4 is 45.8 Å². The lowest BCUT2D eigenvalue weighted by molar-refractivity contribution is -0.126. The van der Waals surface area contributed by atoms with Crippen LogP contribution < -0.4 is 5.56 Å². The van der Waals surface area contributed by atoms with Gasteiger partial charge in [0.05, 0.1) is 17.4 Å². The fraction of sp³-hybridized carbons (Fsp3) is 0.125. The second-order valence-corrected chi connectivity index (χ2v) is 8.48. The van der Waals surface area contributed by atoms with Crippen LogP contribution in [0.5, 0.6) is 0 Å². The van der Waals surface area contributed by atoms with Gasteiger partial charge >= 0.3 is 0 Å². The van der Waals surface area contributed by atoms with Gasteiger partial charge in [0.25, 0.3) is 5.56 Å². The van der Waals surface area contributed by atoms with E-state index in [4.69, 9.17) is 11.6 Å². The number of nitrogens with zero attached hydrogens (tertiary/aromatic N) is 2. The highest BCUT2D eigenvalue weighted by Crippen LogP contribution is 2.29. The second-order valence-electron chi connectivity index (χ2n) is 6.92. The average molecular weight is 450 g/mol. The Morgan fingerprint density at radius 3 is 2.68 bits per heavy atom.